The summed E-state index contributed by atoms with van der Waals surface area (Å²) in [6.07, 6.45) is 1.59. The third-order valence-electron chi connectivity index (χ3n) is 3.80. The fourth-order valence-electron chi connectivity index (χ4n) is 2.47. The van der Waals surface area contributed by atoms with E-state index in [2.05, 4.69) is 21.2 Å². The molecule has 1 aliphatic heterocycles. The Balaban J connectivity index is 1.99. The average molecular weight is 497 g/mol. The van der Waals surface area contributed by atoms with Crippen molar-refractivity contribution < 1.29 is 22.1 Å². The minimum atomic E-state index is -4.07. The van der Waals surface area contributed by atoms with Crippen molar-refractivity contribution in [2.45, 2.75) is 18.7 Å². The lowest BCUT2D eigenvalue weighted by Crippen LogP contribution is -2.18. The Kier molecular flexibility index (Phi) is 6.35. The molecular weight excluding hydrogens is 480 g/mol. The largest absolute Gasteiger partial charge is 0.490 e. The number of amidine groups is 1. The second-order valence-electron chi connectivity index (χ2n) is 6.01. The first-order valence-electron chi connectivity index (χ1n) is 8.46. The van der Waals surface area contributed by atoms with Crippen LogP contribution in [0.4, 0.5) is 0 Å². The van der Waals surface area contributed by atoms with Crippen molar-refractivity contribution in [1.29, 1.82) is 5.41 Å². The van der Waals surface area contributed by atoms with Gasteiger partial charge in [-0.15, -0.1) is 0 Å². The quantitative estimate of drug-likeness (QED) is 0.461. The number of rotatable bonds is 6. The molecule has 0 spiro atoms. The molecular formula is C19H17BrN2O5S2. The molecule has 2 aromatic rings. The number of ether oxygens (including phenoxy) is 1. The second-order valence-corrected chi connectivity index (χ2v) is 9.46. The molecule has 10 heteroatoms. The highest BCUT2D eigenvalue weighted by molar-refractivity contribution is 9.10. The van der Waals surface area contributed by atoms with E-state index in [1.54, 1.807) is 37.3 Å². The van der Waals surface area contributed by atoms with Gasteiger partial charge in [-0.2, -0.15) is 8.42 Å². The lowest BCUT2D eigenvalue weighted by Gasteiger charge is -2.14. The van der Waals surface area contributed by atoms with Gasteiger partial charge in [-0.1, -0.05) is 17.7 Å². The highest BCUT2D eigenvalue weighted by Gasteiger charge is 2.24. The van der Waals surface area contributed by atoms with E-state index in [1.165, 1.54) is 12.1 Å². The zero-order chi connectivity index (χ0) is 21.2. The second kappa shape index (κ2) is 8.60. The van der Waals surface area contributed by atoms with E-state index in [0.717, 1.165) is 17.3 Å². The third kappa shape index (κ3) is 5.01. The normalized spacial score (nSPS) is 15.5. The molecule has 29 heavy (non-hydrogen) atoms. The molecule has 0 bridgehead atoms. The molecule has 0 unspecified atom stereocenters. The van der Waals surface area contributed by atoms with Gasteiger partial charge in [0.1, 0.15) is 4.90 Å². The predicted molar refractivity (Wildman–Crippen MR) is 116 cm³/mol. The van der Waals surface area contributed by atoms with Gasteiger partial charge in [-0.3, -0.25) is 10.2 Å². The number of aryl methyl sites for hydroxylation is 1. The summed E-state index contributed by atoms with van der Waals surface area (Å²) in [4.78, 5) is 12.2. The van der Waals surface area contributed by atoms with Crippen LogP contribution < -0.4 is 14.2 Å². The summed E-state index contributed by atoms with van der Waals surface area (Å²) in [5, 5.41) is 9.97. The molecule has 0 radical (unpaired) electrons. The molecule has 0 saturated carbocycles. The molecule has 1 fully saturated rings. The maximum atomic E-state index is 12.7. The maximum Gasteiger partial charge on any atom is 0.339 e. The molecule has 1 heterocycles. The summed E-state index contributed by atoms with van der Waals surface area (Å²) in [5.41, 5.74) is 1.52. The van der Waals surface area contributed by atoms with Gasteiger partial charge in [0.15, 0.2) is 16.7 Å². The van der Waals surface area contributed by atoms with Gasteiger partial charge in [0.2, 0.25) is 0 Å². The lowest BCUT2D eigenvalue weighted by molar-refractivity contribution is -0.115. The Morgan fingerprint density at radius 1 is 1.24 bits per heavy atom. The van der Waals surface area contributed by atoms with Crippen LogP contribution in [0.5, 0.6) is 11.5 Å². The van der Waals surface area contributed by atoms with Gasteiger partial charge < -0.3 is 14.2 Å². The Bertz CT molecular complexity index is 1110. The van der Waals surface area contributed by atoms with Crippen LogP contribution in [-0.4, -0.2) is 26.1 Å². The highest BCUT2D eigenvalue weighted by atomic mass is 79.9. The SMILES string of the molecule is CCOc1cc(/C=C2\SC(=N)NC2=O)cc(Br)c1OS(=O)(=O)c1ccc(C)cc1. The Morgan fingerprint density at radius 3 is 2.52 bits per heavy atom. The van der Waals surface area contributed by atoms with Crippen LogP contribution in [0, 0.1) is 12.3 Å². The molecule has 0 aromatic heterocycles. The number of carbonyl (C=O) groups is 1. The van der Waals surface area contributed by atoms with E-state index < -0.39 is 10.1 Å². The van der Waals surface area contributed by atoms with Gasteiger partial charge in [0.25, 0.3) is 5.91 Å². The minimum Gasteiger partial charge on any atom is -0.490 e. The minimum absolute atomic E-state index is 0.0193. The molecule has 1 amide bonds. The van der Waals surface area contributed by atoms with E-state index in [4.69, 9.17) is 14.3 Å². The maximum absolute atomic E-state index is 12.7. The molecule has 7 nitrogen and oxygen atoms in total. The van der Waals surface area contributed by atoms with Crippen LogP contribution in [0.25, 0.3) is 6.08 Å². The van der Waals surface area contributed by atoms with E-state index in [0.29, 0.717) is 14.9 Å². The van der Waals surface area contributed by atoms with Crippen molar-refractivity contribution in [3.63, 3.8) is 0 Å². The third-order valence-corrected chi connectivity index (χ3v) is 6.45. The summed E-state index contributed by atoms with van der Waals surface area (Å²) >= 11 is 4.34. The smallest absolute Gasteiger partial charge is 0.339 e. The Hall–Kier alpha value is -2.30. The van der Waals surface area contributed by atoms with Crippen molar-refractivity contribution >= 4 is 55.0 Å². The number of nitrogens with one attached hydrogen (secondary N) is 2. The fourth-order valence-corrected chi connectivity index (χ4v) is 4.78. The van der Waals surface area contributed by atoms with E-state index >= 15 is 0 Å². The van der Waals surface area contributed by atoms with Crippen molar-refractivity contribution in [2.24, 2.45) is 0 Å². The standard InChI is InChI=1S/C19H17BrN2O5S2/c1-3-26-15-9-12(10-16-18(23)22-19(21)28-16)8-14(20)17(15)27-29(24,25)13-6-4-11(2)5-7-13/h4-10H,3H2,1-2H3,(H2,21,22,23)/b16-10-. The van der Waals surface area contributed by atoms with Crippen molar-refractivity contribution in [1.82, 2.24) is 5.32 Å². The fraction of sp³-hybridized carbons (Fsp3) is 0.158. The number of hydrogen-bond acceptors (Lipinski definition) is 7. The van der Waals surface area contributed by atoms with E-state index in [-0.39, 0.29) is 34.1 Å². The van der Waals surface area contributed by atoms with Crippen LogP contribution in [0.2, 0.25) is 0 Å². The first-order chi connectivity index (χ1) is 13.7. The van der Waals surface area contributed by atoms with Gasteiger partial charge in [-0.25, -0.2) is 0 Å². The van der Waals surface area contributed by atoms with E-state index in [1.807, 2.05) is 6.92 Å². The van der Waals surface area contributed by atoms with Gasteiger partial charge in [0.05, 0.1) is 16.0 Å². The zero-order valence-electron chi connectivity index (χ0n) is 15.5. The van der Waals surface area contributed by atoms with Crippen LogP contribution >= 0.6 is 27.7 Å². The summed E-state index contributed by atoms with van der Waals surface area (Å²) in [6, 6.07) is 9.52. The first-order valence-corrected chi connectivity index (χ1v) is 11.5. The molecule has 0 aliphatic carbocycles. The van der Waals surface area contributed by atoms with Crippen molar-refractivity contribution in [3.05, 3.63) is 56.9 Å². The number of thioether (sulfide) groups is 1. The summed E-state index contributed by atoms with van der Waals surface area (Å²) in [6.45, 7) is 3.91. The van der Waals surface area contributed by atoms with E-state index in [9.17, 15) is 13.2 Å². The molecule has 2 N–H and O–H groups in total. The summed E-state index contributed by atoms with van der Waals surface area (Å²) < 4.78 is 36.6. The molecule has 0 atom stereocenters. The molecule has 152 valence electrons. The van der Waals surface area contributed by atoms with Crippen LogP contribution in [0.15, 0.2) is 50.7 Å². The average Bonchev–Trinajstić information content (AvgIpc) is 2.95. The summed E-state index contributed by atoms with van der Waals surface area (Å²) in [5.74, 6) is -0.134. The van der Waals surface area contributed by atoms with Crippen LogP contribution in [-0.2, 0) is 14.9 Å². The van der Waals surface area contributed by atoms with Crippen molar-refractivity contribution in [3.8, 4) is 11.5 Å². The predicted octanol–water partition coefficient (Wildman–Crippen LogP) is 4.06. The molecule has 1 saturated heterocycles. The molecule has 3 rings (SSSR count). The Morgan fingerprint density at radius 2 is 1.93 bits per heavy atom. The lowest BCUT2D eigenvalue weighted by atomic mass is 10.2. The number of carbonyl (C=O) groups excluding carboxylic acids is 1. The number of hydrogen-bond donors (Lipinski definition) is 2. The van der Waals surface area contributed by atoms with Gasteiger partial charge in [0, 0.05) is 0 Å². The van der Waals surface area contributed by atoms with Gasteiger partial charge in [-0.05, 0) is 77.4 Å². The monoisotopic (exact) mass is 496 g/mol. The van der Waals surface area contributed by atoms with Crippen molar-refractivity contribution in [2.75, 3.05) is 6.61 Å². The number of amides is 1. The summed E-state index contributed by atoms with van der Waals surface area (Å²) in [7, 11) is -4.07. The highest BCUT2D eigenvalue weighted by Crippen LogP contribution is 2.40. The Labute approximate surface area is 181 Å². The number of halogens is 1. The number of benzene rings is 2. The zero-order valence-corrected chi connectivity index (χ0v) is 18.7. The topological polar surface area (TPSA) is 106 Å². The molecule has 1 aliphatic rings. The molecule has 2 aromatic carbocycles. The first kappa shape index (κ1) is 21.4. The van der Waals surface area contributed by atoms with Gasteiger partial charge >= 0.3 is 10.1 Å². The van der Waals surface area contributed by atoms with Crippen LogP contribution in [0.1, 0.15) is 18.1 Å². The van der Waals surface area contributed by atoms with Crippen LogP contribution in [0.3, 0.4) is 0 Å².